The number of likely N-dealkylation sites (tertiary alicyclic amines) is 1. The van der Waals surface area contributed by atoms with Gasteiger partial charge >= 0.3 is 0 Å². The number of hydrogen-bond donors (Lipinski definition) is 0. The minimum Gasteiger partial charge on any atom is -0.339 e. The molecule has 0 aliphatic carbocycles. The number of thiazole rings is 1. The highest BCUT2D eigenvalue weighted by atomic mass is 35.5. The van der Waals surface area contributed by atoms with Crippen LogP contribution < -0.4 is 0 Å². The van der Waals surface area contributed by atoms with Gasteiger partial charge in [-0.2, -0.15) is 0 Å². The van der Waals surface area contributed by atoms with Crippen LogP contribution in [-0.4, -0.2) is 76.8 Å². The van der Waals surface area contributed by atoms with Crippen LogP contribution in [0.2, 0.25) is 5.02 Å². The number of piperazine rings is 1. The first-order valence-corrected chi connectivity index (χ1v) is 10.8. The van der Waals surface area contributed by atoms with Gasteiger partial charge in [0.25, 0.3) is 5.91 Å². The molecule has 3 heterocycles. The van der Waals surface area contributed by atoms with Crippen molar-refractivity contribution in [3.05, 3.63) is 51.4 Å². The predicted octanol–water partition coefficient (Wildman–Crippen LogP) is 2.40. The molecule has 0 saturated carbocycles. The quantitative estimate of drug-likeness (QED) is 0.748. The average molecular weight is 419 g/mol. The Balaban J connectivity index is 1.18. The van der Waals surface area contributed by atoms with Crippen molar-refractivity contribution in [2.24, 2.45) is 0 Å². The van der Waals surface area contributed by atoms with Gasteiger partial charge in [-0.1, -0.05) is 23.7 Å². The number of benzene rings is 1. The number of carbonyl (C=O) groups excluding carboxylic acids is 2. The molecule has 148 valence electrons. The number of aromatic nitrogens is 1. The molecular formula is C20H23ClN4O2S. The van der Waals surface area contributed by atoms with Gasteiger partial charge in [-0.15, -0.1) is 11.3 Å². The third-order valence-corrected chi connectivity index (χ3v) is 6.50. The van der Waals surface area contributed by atoms with E-state index in [1.54, 1.807) is 6.20 Å². The van der Waals surface area contributed by atoms with Crippen LogP contribution in [0.15, 0.2) is 35.8 Å². The second kappa shape index (κ2) is 8.59. The Morgan fingerprint density at radius 1 is 1.07 bits per heavy atom. The summed E-state index contributed by atoms with van der Waals surface area (Å²) in [5.74, 6) is 0.242. The van der Waals surface area contributed by atoms with Gasteiger partial charge in [-0.25, -0.2) is 4.98 Å². The third-order valence-electron chi connectivity index (χ3n) is 5.49. The van der Waals surface area contributed by atoms with E-state index in [2.05, 4.69) is 9.88 Å². The Kier molecular flexibility index (Phi) is 5.94. The third kappa shape index (κ3) is 4.37. The lowest BCUT2D eigenvalue weighted by atomic mass is 10.0. The first-order valence-electron chi connectivity index (χ1n) is 9.55. The van der Waals surface area contributed by atoms with E-state index < -0.39 is 0 Å². The van der Waals surface area contributed by atoms with Gasteiger partial charge in [0.15, 0.2) is 5.01 Å². The maximum absolute atomic E-state index is 12.4. The molecule has 2 saturated heterocycles. The first-order chi connectivity index (χ1) is 13.6. The summed E-state index contributed by atoms with van der Waals surface area (Å²) in [6.07, 6.45) is 2.94. The minimum absolute atomic E-state index is 0.0299. The van der Waals surface area contributed by atoms with E-state index in [-0.39, 0.29) is 11.8 Å². The van der Waals surface area contributed by atoms with E-state index in [0.717, 1.165) is 51.3 Å². The zero-order valence-corrected chi connectivity index (χ0v) is 17.2. The topological polar surface area (TPSA) is 56.8 Å². The smallest absolute Gasteiger partial charge is 0.282 e. The molecular weight excluding hydrogens is 396 g/mol. The van der Waals surface area contributed by atoms with Gasteiger partial charge in [0.2, 0.25) is 5.91 Å². The van der Waals surface area contributed by atoms with E-state index in [1.165, 1.54) is 11.3 Å². The number of carbonyl (C=O) groups is 2. The monoisotopic (exact) mass is 418 g/mol. The van der Waals surface area contributed by atoms with Crippen molar-refractivity contribution < 1.29 is 9.59 Å². The SMILES string of the molecule is O=C(CCc1ccc(Cl)cc1)N1CC(N2CCN(C(=O)c3nccs3)CC2)C1. The van der Waals surface area contributed by atoms with Crippen LogP contribution in [-0.2, 0) is 11.2 Å². The summed E-state index contributed by atoms with van der Waals surface area (Å²) in [4.78, 5) is 35.1. The van der Waals surface area contributed by atoms with E-state index >= 15 is 0 Å². The summed E-state index contributed by atoms with van der Waals surface area (Å²) in [6.45, 7) is 4.74. The fourth-order valence-corrected chi connectivity index (χ4v) is 4.43. The molecule has 28 heavy (non-hydrogen) atoms. The molecule has 2 aromatic rings. The Bertz CT molecular complexity index is 813. The van der Waals surface area contributed by atoms with Crippen molar-refractivity contribution in [3.63, 3.8) is 0 Å². The van der Waals surface area contributed by atoms with Crippen LogP contribution in [0.3, 0.4) is 0 Å². The van der Waals surface area contributed by atoms with Crippen molar-refractivity contribution in [2.75, 3.05) is 39.3 Å². The zero-order chi connectivity index (χ0) is 19.5. The summed E-state index contributed by atoms with van der Waals surface area (Å²) in [7, 11) is 0. The normalized spacial score (nSPS) is 18.2. The summed E-state index contributed by atoms with van der Waals surface area (Å²) >= 11 is 7.28. The molecule has 2 fully saturated rings. The van der Waals surface area contributed by atoms with Crippen LogP contribution in [0.5, 0.6) is 0 Å². The highest BCUT2D eigenvalue weighted by molar-refractivity contribution is 7.11. The molecule has 1 aromatic carbocycles. The Morgan fingerprint density at radius 3 is 2.43 bits per heavy atom. The zero-order valence-electron chi connectivity index (χ0n) is 15.6. The fourth-order valence-electron chi connectivity index (χ4n) is 3.70. The number of nitrogens with zero attached hydrogens (tertiary/aromatic N) is 4. The number of aryl methyl sites for hydroxylation is 1. The highest BCUT2D eigenvalue weighted by Crippen LogP contribution is 2.20. The largest absolute Gasteiger partial charge is 0.339 e. The van der Waals surface area contributed by atoms with Gasteiger partial charge in [-0.05, 0) is 24.1 Å². The van der Waals surface area contributed by atoms with Crippen molar-refractivity contribution in [3.8, 4) is 0 Å². The maximum atomic E-state index is 12.4. The second-order valence-corrected chi connectivity index (χ2v) is 8.58. The molecule has 0 N–H and O–H groups in total. The average Bonchev–Trinajstić information content (AvgIpc) is 3.21. The van der Waals surface area contributed by atoms with Crippen LogP contribution in [0.4, 0.5) is 0 Å². The molecule has 1 aromatic heterocycles. The van der Waals surface area contributed by atoms with Crippen LogP contribution in [0, 0.1) is 0 Å². The van der Waals surface area contributed by atoms with E-state index in [4.69, 9.17) is 11.6 Å². The van der Waals surface area contributed by atoms with Crippen molar-refractivity contribution in [1.29, 1.82) is 0 Å². The lowest BCUT2D eigenvalue weighted by Gasteiger charge is -2.48. The lowest BCUT2D eigenvalue weighted by Crippen LogP contribution is -2.64. The molecule has 2 aliphatic rings. The van der Waals surface area contributed by atoms with Gasteiger partial charge in [0.05, 0.1) is 0 Å². The summed E-state index contributed by atoms with van der Waals surface area (Å²) < 4.78 is 0. The molecule has 0 spiro atoms. The molecule has 0 radical (unpaired) electrons. The van der Waals surface area contributed by atoms with Gasteiger partial charge < -0.3 is 9.80 Å². The molecule has 2 amide bonds. The Morgan fingerprint density at radius 2 is 1.79 bits per heavy atom. The van der Waals surface area contributed by atoms with Gasteiger partial charge in [-0.3, -0.25) is 14.5 Å². The Labute approximate surface area is 173 Å². The molecule has 8 heteroatoms. The second-order valence-electron chi connectivity index (χ2n) is 7.24. The van der Waals surface area contributed by atoms with E-state index in [0.29, 0.717) is 22.5 Å². The van der Waals surface area contributed by atoms with E-state index in [1.807, 2.05) is 39.4 Å². The molecule has 0 atom stereocenters. The highest BCUT2D eigenvalue weighted by Gasteiger charge is 2.36. The van der Waals surface area contributed by atoms with Crippen LogP contribution >= 0.6 is 22.9 Å². The van der Waals surface area contributed by atoms with Crippen molar-refractivity contribution >= 4 is 34.8 Å². The minimum atomic E-state index is 0.0299. The first kappa shape index (κ1) is 19.4. The van der Waals surface area contributed by atoms with Gasteiger partial charge in [0, 0.05) is 68.3 Å². The number of hydrogen-bond acceptors (Lipinski definition) is 5. The van der Waals surface area contributed by atoms with Crippen molar-refractivity contribution in [2.45, 2.75) is 18.9 Å². The Hall–Kier alpha value is -1.96. The number of halogens is 1. The lowest BCUT2D eigenvalue weighted by molar-refractivity contribution is -0.139. The molecule has 2 aliphatic heterocycles. The summed E-state index contributed by atoms with van der Waals surface area (Å²) in [6, 6.07) is 8.08. The molecule has 4 rings (SSSR count). The maximum Gasteiger partial charge on any atom is 0.282 e. The van der Waals surface area contributed by atoms with Crippen molar-refractivity contribution in [1.82, 2.24) is 19.7 Å². The fraction of sp³-hybridized carbons (Fsp3) is 0.450. The summed E-state index contributed by atoms with van der Waals surface area (Å²) in [5.41, 5.74) is 1.14. The van der Waals surface area contributed by atoms with Crippen LogP contribution in [0.25, 0.3) is 0 Å². The number of rotatable bonds is 5. The summed E-state index contributed by atoms with van der Waals surface area (Å²) in [5, 5.41) is 3.11. The number of amides is 2. The molecule has 0 bridgehead atoms. The van der Waals surface area contributed by atoms with Crippen LogP contribution in [0.1, 0.15) is 21.8 Å². The molecule has 0 unspecified atom stereocenters. The van der Waals surface area contributed by atoms with E-state index in [9.17, 15) is 9.59 Å². The predicted molar refractivity (Wildman–Crippen MR) is 110 cm³/mol. The standard InChI is InChI=1S/C20H23ClN4O2S/c21-16-4-1-15(2-5-16)3-6-18(26)25-13-17(14-25)23-8-10-24(11-9-23)20(27)19-22-7-12-28-19/h1-2,4-5,7,12,17H,3,6,8-11,13-14H2. The molecule has 6 nitrogen and oxygen atoms in total. The van der Waals surface area contributed by atoms with Gasteiger partial charge in [0.1, 0.15) is 0 Å².